The van der Waals surface area contributed by atoms with Gasteiger partial charge in [0.2, 0.25) is 0 Å². The van der Waals surface area contributed by atoms with Crippen LogP contribution in [0.2, 0.25) is 0 Å². The average molecular weight is 445 g/mol. The van der Waals surface area contributed by atoms with Crippen LogP contribution in [0.4, 0.5) is 0 Å². The predicted molar refractivity (Wildman–Crippen MR) is 134 cm³/mol. The Morgan fingerprint density at radius 2 is 1.26 bits per heavy atom. The molecule has 4 heteroatoms. The van der Waals surface area contributed by atoms with E-state index in [-0.39, 0.29) is 5.92 Å². The van der Waals surface area contributed by atoms with Crippen LogP contribution in [0, 0.1) is 22.7 Å². The van der Waals surface area contributed by atoms with E-state index in [9.17, 15) is 10.5 Å². The summed E-state index contributed by atoms with van der Waals surface area (Å²) in [4.78, 5) is 0. The molecule has 3 aromatic carbocycles. The number of hydrogen-bond donors (Lipinski definition) is 0. The number of nitriles is 2. The molecule has 0 N–H and O–H groups in total. The van der Waals surface area contributed by atoms with Crippen molar-refractivity contribution in [2.24, 2.45) is 0 Å². The lowest BCUT2D eigenvalue weighted by molar-refractivity contribution is 0.414. The molecular formula is C30H24N2O2. The van der Waals surface area contributed by atoms with E-state index in [4.69, 9.17) is 9.47 Å². The van der Waals surface area contributed by atoms with Gasteiger partial charge >= 0.3 is 0 Å². The molecule has 0 aromatic heterocycles. The first kappa shape index (κ1) is 22.6. The quantitative estimate of drug-likeness (QED) is 0.390. The molecule has 0 fully saturated rings. The van der Waals surface area contributed by atoms with E-state index in [1.807, 2.05) is 72.8 Å². The van der Waals surface area contributed by atoms with Crippen molar-refractivity contribution < 1.29 is 9.47 Å². The first-order valence-electron chi connectivity index (χ1n) is 11.0. The summed E-state index contributed by atoms with van der Waals surface area (Å²) in [6.45, 7) is 0. The van der Waals surface area contributed by atoms with Gasteiger partial charge in [-0.1, -0.05) is 66.8 Å². The Hall–Kier alpha value is -4.54. The van der Waals surface area contributed by atoms with Crippen LogP contribution in [-0.2, 0) is 0 Å². The maximum atomic E-state index is 9.90. The molecule has 0 amide bonds. The normalized spacial score (nSPS) is 15.4. The molecule has 0 heterocycles. The van der Waals surface area contributed by atoms with E-state index in [2.05, 4.69) is 30.3 Å². The molecule has 1 atom stereocenters. The number of methoxy groups -OCH3 is 2. The number of benzene rings is 3. The van der Waals surface area contributed by atoms with E-state index in [1.54, 1.807) is 14.2 Å². The minimum absolute atomic E-state index is 0.226. The molecule has 0 spiro atoms. The zero-order valence-electron chi connectivity index (χ0n) is 19.2. The third-order valence-electron chi connectivity index (χ3n) is 6.00. The fourth-order valence-electron chi connectivity index (χ4n) is 4.05. The molecule has 0 saturated carbocycles. The van der Waals surface area contributed by atoms with Gasteiger partial charge in [0.15, 0.2) is 0 Å². The van der Waals surface area contributed by atoms with Gasteiger partial charge in [0.25, 0.3) is 0 Å². The lowest BCUT2D eigenvalue weighted by Gasteiger charge is -2.17. The van der Waals surface area contributed by atoms with E-state index < -0.39 is 0 Å². The van der Waals surface area contributed by atoms with Gasteiger partial charge in [0.05, 0.1) is 25.4 Å². The van der Waals surface area contributed by atoms with Crippen molar-refractivity contribution in [3.05, 3.63) is 113 Å². The molecule has 4 rings (SSSR count). The lowest BCUT2D eigenvalue weighted by Crippen LogP contribution is -2.01. The predicted octanol–water partition coefficient (Wildman–Crippen LogP) is 6.84. The molecule has 166 valence electrons. The highest BCUT2D eigenvalue weighted by Gasteiger charge is 2.17. The number of rotatable bonds is 6. The van der Waals surface area contributed by atoms with Gasteiger partial charge in [0.1, 0.15) is 23.6 Å². The van der Waals surface area contributed by atoms with Gasteiger partial charge in [0, 0.05) is 5.92 Å². The van der Waals surface area contributed by atoms with E-state index in [0.717, 1.165) is 40.2 Å². The largest absolute Gasteiger partial charge is 0.497 e. The monoisotopic (exact) mass is 444 g/mol. The summed E-state index contributed by atoms with van der Waals surface area (Å²) in [5, 5.41) is 19.8. The molecule has 34 heavy (non-hydrogen) atoms. The summed E-state index contributed by atoms with van der Waals surface area (Å²) < 4.78 is 10.5. The van der Waals surface area contributed by atoms with Crippen LogP contribution in [0.15, 0.2) is 102 Å². The molecule has 4 nitrogen and oxygen atoms in total. The smallest absolute Gasteiger partial charge is 0.118 e. The fourth-order valence-corrected chi connectivity index (χ4v) is 4.05. The summed E-state index contributed by atoms with van der Waals surface area (Å²) in [5.74, 6) is 1.85. The Balaban J connectivity index is 1.57. The minimum atomic E-state index is 0.226. The molecule has 0 bridgehead atoms. The Kier molecular flexibility index (Phi) is 6.92. The van der Waals surface area contributed by atoms with Gasteiger partial charge < -0.3 is 9.47 Å². The third-order valence-corrected chi connectivity index (χ3v) is 6.00. The van der Waals surface area contributed by atoms with Crippen LogP contribution in [0.1, 0.15) is 23.5 Å². The molecular weight excluding hydrogens is 420 g/mol. The van der Waals surface area contributed by atoms with Gasteiger partial charge in [-0.25, -0.2) is 0 Å². The standard InChI is InChI=1S/C30H24N2O2/c1-33-27-15-11-23(12-16-27)21-3-7-25(8-4-21)29(19-31)30(20-32)26-9-5-22(6-10-26)24-13-17-28(34-2)18-14-24/h3-5,7-18,22H,6H2,1-2H3/b30-29+. The van der Waals surface area contributed by atoms with Gasteiger partial charge in [-0.15, -0.1) is 0 Å². The Bertz CT molecular complexity index is 1330. The molecule has 0 aliphatic heterocycles. The molecule has 1 aliphatic rings. The average Bonchev–Trinajstić information content (AvgIpc) is 2.92. The zero-order valence-corrected chi connectivity index (χ0v) is 19.2. The van der Waals surface area contributed by atoms with Gasteiger partial charge in [-0.05, 0) is 58.5 Å². The highest BCUT2D eigenvalue weighted by Crippen LogP contribution is 2.33. The second kappa shape index (κ2) is 10.4. The summed E-state index contributed by atoms with van der Waals surface area (Å²) >= 11 is 0. The van der Waals surface area contributed by atoms with Crippen molar-refractivity contribution in [2.45, 2.75) is 12.3 Å². The number of ether oxygens (including phenoxy) is 2. The van der Waals surface area contributed by atoms with Crippen LogP contribution in [0.3, 0.4) is 0 Å². The molecule has 1 unspecified atom stereocenters. The SMILES string of the molecule is COc1ccc(-c2ccc(/C(C#N)=C(\C#N)C3=CCC(c4ccc(OC)cc4)C=C3)cc2)cc1. The van der Waals surface area contributed by atoms with Crippen molar-refractivity contribution >= 4 is 5.57 Å². The topological polar surface area (TPSA) is 66.0 Å². The first-order valence-corrected chi connectivity index (χ1v) is 11.0. The van der Waals surface area contributed by atoms with Crippen molar-refractivity contribution in [2.75, 3.05) is 14.2 Å². The summed E-state index contributed by atoms with van der Waals surface area (Å²) in [6, 6.07) is 28.0. The highest BCUT2D eigenvalue weighted by atomic mass is 16.5. The van der Waals surface area contributed by atoms with Gasteiger partial charge in [-0.3, -0.25) is 0 Å². The van der Waals surface area contributed by atoms with Gasteiger partial charge in [-0.2, -0.15) is 10.5 Å². The van der Waals surface area contributed by atoms with Crippen LogP contribution >= 0.6 is 0 Å². The van der Waals surface area contributed by atoms with Crippen molar-refractivity contribution in [1.29, 1.82) is 10.5 Å². The third kappa shape index (κ3) is 4.77. The summed E-state index contributed by atoms with van der Waals surface area (Å²) in [7, 11) is 3.29. The van der Waals surface area contributed by atoms with Crippen molar-refractivity contribution in [3.8, 4) is 34.8 Å². The molecule has 0 saturated heterocycles. The Labute approximate surface area is 200 Å². The van der Waals surface area contributed by atoms with Crippen LogP contribution in [0.5, 0.6) is 11.5 Å². The number of nitrogens with zero attached hydrogens (tertiary/aromatic N) is 2. The molecule has 1 aliphatic carbocycles. The van der Waals surface area contributed by atoms with Crippen LogP contribution < -0.4 is 9.47 Å². The highest BCUT2D eigenvalue weighted by molar-refractivity contribution is 5.86. The summed E-state index contributed by atoms with van der Waals surface area (Å²) in [5.41, 5.74) is 5.54. The Morgan fingerprint density at radius 1 is 0.735 bits per heavy atom. The van der Waals surface area contributed by atoms with E-state index >= 15 is 0 Å². The maximum absolute atomic E-state index is 9.90. The zero-order chi connectivity index (χ0) is 23.9. The minimum Gasteiger partial charge on any atom is -0.497 e. The van der Waals surface area contributed by atoms with E-state index in [0.29, 0.717) is 11.1 Å². The molecule has 0 radical (unpaired) electrons. The molecule has 3 aromatic rings. The summed E-state index contributed by atoms with van der Waals surface area (Å²) in [6.07, 6.45) is 6.84. The van der Waals surface area contributed by atoms with Crippen molar-refractivity contribution in [1.82, 2.24) is 0 Å². The van der Waals surface area contributed by atoms with Crippen molar-refractivity contribution in [3.63, 3.8) is 0 Å². The maximum Gasteiger partial charge on any atom is 0.118 e. The second-order valence-electron chi connectivity index (χ2n) is 7.91. The lowest BCUT2D eigenvalue weighted by atomic mass is 9.86. The fraction of sp³-hybridized carbons (Fsp3) is 0.133. The van der Waals surface area contributed by atoms with Crippen LogP contribution in [0.25, 0.3) is 16.7 Å². The number of allylic oxidation sites excluding steroid dienone is 6. The van der Waals surface area contributed by atoms with E-state index in [1.165, 1.54) is 5.56 Å². The van der Waals surface area contributed by atoms with Crippen LogP contribution in [-0.4, -0.2) is 14.2 Å². The second-order valence-corrected chi connectivity index (χ2v) is 7.91. The number of hydrogen-bond acceptors (Lipinski definition) is 4. The Morgan fingerprint density at radius 3 is 1.74 bits per heavy atom. The first-order chi connectivity index (χ1) is 16.7.